The van der Waals surface area contributed by atoms with Crippen LogP contribution in [0, 0.1) is 6.92 Å². The lowest BCUT2D eigenvalue weighted by atomic mass is 9.93. The van der Waals surface area contributed by atoms with Gasteiger partial charge in [-0.15, -0.1) is 0 Å². The summed E-state index contributed by atoms with van der Waals surface area (Å²) in [6.07, 6.45) is 3.30. The third-order valence-electron chi connectivity index (χ3n) is 5.45. The molecule has 1 unspecified atom stereocenters. The summed E-state index contributed by atoms with van der Waals surface area (Å²) in [7, 11) is 0. The first-order valence-electron chi connectivity index (χ1n) is 9.90. The number of amides is 1. The van der Waals surface area contributed by atoms with Crippen LogP contribution in [0.5, 0.6) is 0 Å². The van der Waals surface area contributed by atoms with Crippen molar-refractivity contribution in [1.82, 2.24) is 5.32 Å². The van der Waals surface area contributed by atoms with Crippen molar-refractivity contribution in [1.29, 1.82) is 0 Å². The number of carbonyl (C=O) groups excluding carboxylic acids is 1. The number of nitrogens with one attached hydrogen (secondary N) is 1. The summed E-state index contributed by atoms with van der Waals surface area (Å²) in [4.78, 5) is 15.4. The highest BCUT2D eigenvalue weighted by molar-refractivity contribution is 5.84. The van der Waals surface area contributed by atoms with Gasteiger partial charge in [0.15, 0.2) is 0 Å². The molecule has 0 radical (unpaired) electrons. The Hall–Kier alpha value is -3.01. The number of benzene rings is 2. The molecule has 144 valence electrons. The molecule has 0 saturated carbocycles. The van der Waals surface area contributed by atoms with Crippen LogP contribution < -0.4 is 10.2 Å². The lowest BCUT2D eigenvalue weighted by molar-refractivity contribution is -0.122. The zero-order chi connectivity index (χ0) is 19.3. The number of aryl methyl sites for hydroxylation is 1. The second-order valence-corrected chi connectivity index (χ2v) is 7.40. The Morgan fingerprint density at radius 1 is 1.11 bits per heavy atom. The zero-order valence-corrected chi connectivity index (χ0v) is 16.2. The molecule has 2 heterocycles. The van der Waals surface area contributed by atoms with Gasteiger partial charge in [0, 0.05) is 31.7 Å². The second-order valence-electron chi connectivity index (χ2n) is 7.40. The molecule has 0 spiro atoms. The third-order valence-corrected chi connectivity index (χ3v) is 5.45. The van der Waals surface area contributed by atoms with Gasteiger partial charge in [0.1, 0.15) is 5.76 Å². The van der Waals surface area contributed by atoms with Gasteiger partial charge in [0.05, 0.1) is 12.2 Å². The molecule has 1 aliphatic rings. The van der Waals surface area contributed by atoms with Crippen LogP contribution in [0.25, 0.3) is 0 Å². The van der Waals surface area contributed by atoms with Crippen LogP contribution in [0.15, 0.2) is 71.3 Å². The van der Waals surface area contributed by atoms with Crippen molar-refractivity contribution in [3.8, 4) is 0 Å². The maximum atomic E-state index is 13.0. The van der Waals surface area contributed by atoms with Gasteiger partial charge in [-0.25, -0.2) is 0 Å². The number of para-hydroxylation sites is 1. The highest BCUT2D eigenvalue weighted by Crippen LogP contribution is 2.27. The van der Waals surface area contributed by atoms with E-state index in [0.29, 0.717) is 13.0 Å². The maximum absolute atomic E-state index is 13.0. The fraction of sp³-hybridized carbons (Fsp3) is 0.292. The van der Waals surface area contributed by atoms with Crippen LogP contribution in [0.4, 0.5) is 5.69 Å². The standard InChI is InChI=1S/C24H26N2O2/c1-18-8-10-19(11-9-18)22(17-21-6-4-16-28-21)24(27)25-13-15-26-14-12-20-5-2-3-7-23(20)26/h2-11,16,22H,12-15,17H2,1H3,(H,25,27). The summed E-state index contributed by atoms with van der Waals surface area (Å²) in [5.41, 5.74) is 4.89. The molecule has 1 amide bonds. The third kappa shape index (κ3) is 4.11. The molecule has 1 atom stereocenters. The van der Waals surface area contributed by atoms with Crippen molar-refractivity contribution in [2.45, 2.75) is 25.7 Å². The van der Waals surface area contributed by atoms with E-state index < -0.39 is 0 Å². The molecule has 2 aromatic carbocycles. The molecule has 1 aliphatic heterocycles. The van der Waals surface area contributed by atoms with Gasteiger partial charge in [-0.05, 0) is 42.7 Å². The number of anilines is 1. The van der Waals surface area contributed by atoms with Crippen LogP contribution in [0.2, 0.25) is 0 Å². The molecule has 1 N–H and O–H groups in total. The Morgan fingerprint density at radius 3 is 2.71 bits per heavy atom. The molecule has 4 rings (SSSR count). The van der Waals surface area contributed by atoms with E-state index >= 15 is 0 Å². The highest BCUT2D eigenvalue weighted by Gasteiger charge is 2.23. The van der Waals surface area contributed by atoms with Crippen LogP contribution in [0.3, 0.4) is 0 Å². The predicted molar refractivity (Wildman–Crippen MR) is 112 cm³/mol. The number of hydrogen-bond donors (Lipinski definition) is 1. The summed E-state index contributed by atoms with van der Waals surface area (Å²) < 4.78 is 5.50. The zero-order valence-electron chi connectivity index (χ0n) is 16.2. The van der Waals surface area contributed by atoms with Crippen molar-refractivity contribution in [3.05, 3.63) is 89.4 Å². The molecule has 3 aromatic rings. The number of nitrogens with zero attached hydrogens (tertiary/aromatic N) is 1. The van der Waals surface area contributed by atoms with Gasteiger partial charge < -0.3 is 14.6 Å². The number of carbonyl (C=O) groups is 1. The minimum Gasteiger partial charge on any atom is -0.469 e. The molecule has 1 aromatic heterocycles. The van der Waals surface area contributed by atoms with E-state index in [-0.39, 0.29) is 11.8 Å². The smallest absolute Gasteiger partial charge is 0.228 e. The Balaban J connectivity index is 1.40. The fourth-order valence-corrected chi connectivity index (χ4v) is 3.87. The number of rotatable bonds is 7. The van der Waals surface area contributed by atoms with Gasteiger partial charge in [-0.3, -0.25) is 4.79 Å². The van der Waals surface area contributed by atoms with Crippen molar-refractivity contribution >= 4 is 11.6 Å². The second kappa shape index (κ2) is 8.34. The van der Waals surface area contributed by atoms with E-state index in [1.165, 1.54) is 16.8 Å². The van der Waals surface area contributed by atoms with Crippen molar-refractivity contribution in [2.75, 3.05) is 24.5 Å². The summed E-state index contributed by atoms with van der Waals surface area (Å²) in [5.74, 6) is 0.625. The molecule has 4 nitrogen and oxygen atoms in total. The Morgan fingerprint density at radius 2 is 1.93 bits per heavy atom. The summed E-state index contributed by atoms with van der Waals surface area (Å²) in [5, 5.41) is 3.14. The van der Waals surface area contributed by atoms with E-state index in [1.54, 1.807) is 6.26 Å². The van der Waals surface area contributed by atoms with E-state index in [2.05, 4.69) is 53.5 Å². The van der Waals surface area contributed by atoms with Crippen LogP contribution in [-0.2, 0) is 17.6 Å². The first-order valence-corrected chi connectivity index (χ1v) is 9.90. The lowest BCUT2D eigenvalue weighted by Gasteiger charge is -2.21. The fourth-order valence-electron chi connectivity index (χ4n) is 3.87. The van der Waals surface area contributed by atoms with E-state index in [1.807, 2.05) is 24.3 Å². The molecule has 4 heteroatoms. The van der Waals surface area contributed by atoms with Crippen LogP contribution >= 0.6 is 0 Å². The predicted octanol–water partition coefficient (Wildman–Crippen LogP) is 4.09. The van der Waals surface area contributed by atoms with Gasteiger partial charge in [-0.2, -0.15) is 0 Å². The largest absolute Gasteiger partial charge is 0.469 e. The normalized spacial score (nSPS) is 14.0. The number of fused-ring (bicyclic) bond motifs is 1. The minimum absolute atomic E-state index is 0.0488. The van der Waals surface area contributed by atoms with E-state index in [9.17, 15) is 4.79 Å². The maximum Gasteiger partial charge on any atom is 0.228 e. The number of hydrogen-bond acceptors (Lipinski definition) is 3. The topological polar surface area (TPSA) is 45.5 Å². The number of furan rings is 1. The van der Waals surface area contributed by atoms with Gasteiger partial charge in [0.25, 0.3) is 0 Å². The SMILES string of the molecule is Cc1ccc(C(Cc2ccco2)C(=O)NCCN2CCc3ccccc32)cc1. The lowest BCUT2D eigenvalue weighted by Crippen LogP contribution is -2.37. The van der Waals surface area contributed by atoms with Crippen molar-refractivity contribution in [3.63, 3.8) is 0 Å². The minimum atomic E-state index is -0.252. The Labute approximate surface area is 166 Å². The molecule has 0 saturated heterocycles. The first-order chi connectivity index (χ1) is 13.7. The first kappa shape index (κ1) is 18.4. The van der Waals surface area contributed by atoms with Crippen molar-refractivity contribution in [2.24, 2.45) is 0 Å². The monoisotopic (exact) mass is 374 g/mol. The van der Waals surface area contributed by atoms with E-state index in [4.69, 9.17) is 4.42 Å². The Kier molecular flexibility index (Phi) is 5.47. The quantitative estimate of drug-likeness (QED) is 0.677. The van der Waals surface area contributed by atoms with Crippen LogP contribution in [-0.4, -0.2) is 25.5 Å². The van der Waals surface area contributed by atoms with Crippen molar-refractivity contribution < 1.29 is 9.21 Å². The molecule has 0 aliphatic carbocycles. The van der Waals surface area contributed by atoms with Gasteiger partial charge in [-0.1, -0.05) is 48.0 Å². The van der Waals surface area contributed by atoms with Gasteiger partial charge in [0.2, 0.25) is 5.91 Å². The molecule has 28 heavy (non-hydrogen) atoms. The molecular weight excluding hydrogens is 348 g/mol. The highest BCUT2D eigenvalue weighted by atomic mass is 16.3. The summed E-state index contributed by atoms with van der Waals surface area (Å²) >= 11 is 0. The molecule has 0 bridgehead atoms. The summed E-state index contributed by atoms with van der Waals surface area (Å²) in [6, 6.07) is 20.5. The molecule has 0 fully saturated rings. The van der Waals surface area contributed by atoms with E-state index in [0.717, 1.165) is 30.8 Å². The average Bonchev–Trinajstić information content (AvgIpc) is 3.37. The average molecular weight is 374 g/mol. The van der Waals surface area contributed by atoms with Crippen LogP contribution in [0.1, 0.15) is 28.4 Å². The molecular formula is C24H26N2O2. The van der Waals surface area contributed by atoms with Gasteiger partial charge >= 0.3 is 0 Å². The Bertz CT molecular complexity index is 916. The summed E-state index contributed by atoms with van der Waals surface area (Å²) in [6.45, 7) is 4.53.